The van der Waals surface area contributed by atoms with E-state index in [9.17, 15) is 14.4 Å². The average molecular weight is 406 g/mol. The Morgan fingerprint density at radius 3 is 2.73 bits per heavy atom. The second kappa shape index (κ2) is 8.51. The topological polar surface area (TPSA) is 88.8 Å². The van der Waals surface area contributed by atoms with E-state index in [2.05, 4.69) is 5.32 Å². The molecule has 3 aromatic rings. The van der Waals surface area contributed by atoms with Gasteiger partial charge in [0.05, 0.1) is 17.4 Å². The van der Waals surface area contributed by atoms with Gasteiger partial charge in [-0.25, -0.2) is 0 Å². The van der Waals surface area contributed by atoms with Crippen molar-refractivity contribution in [3.63, 3.8) is 0 Å². The normalized spacial score (nSPS) is 13.2. The smallest absolute Gasteiger partial charge is 0.261 e. The van der Waals surface area contributed by atoms with Gasteiger partial charge in [0, 0.05) is 37.8 Å². The number of nitrogens with zero attached hydrogens (tertiary/aromatic N) is 1. The summed E-state index contributed by atoms with van der Waals surface area (Å²) >= 11 is 0. The van der Waals surface area contributed by atoms with Gasteiger partial charge < -0.3 is 14.5 Å². The van der Waals surface area contributed by atoms with Crippen LogP contribution in [-0.2, 0) is 11.2 Å². The summed E-state index contributed by atoms with van der Waals surface area (Å²) in [5.41, 5.74) is 2.79. The number of rotatable bonds is 8. The molecule has 4 rings (SSSR count). The number of furan rings is 1. The van der Waals surface area contributed by atoms with E-state index >= 15 is 0 Å². The van der Waals surface area contributed by atoms with Crippen LogP contribution in [0.3, 0.4) is 0 Å². The van der Waals surface area contributed by atoms with Gasteiger partial charge in [0.15, 0.2) is 0 Å². The summed E-state index contributed by atoms with van der Waals surface area (Å²) in [6, 6.07) is 12.4. The maximum Gasteiger partial charge on any atom is 0.261 e. The molecule has 30 heavy (non-hydrogen) atoms. The van der Waals surface area contributed by atoms with E-state index in [0.29, 0.717) is 43.7 Å². The third-order valence-electron chi connectivity index (χ3n) is 5.20. The summed E-state index contributed by atoms with van der Waals surface area (Å²) in [5, 5.41) is 3.89. The number of hydrogen-bond donors (Lipinski definition) is 1. The molecule has 0 saturated carbocycles. The predicted molar refractivity (Wildman–Crippen MR) is 111 cm³/mol. The second-order valence-electron chi connectivity index (χ2n) is 7.13. The summed E-state index contributed by atoms with van der Waals surface area (Å²) in [5.74, 6) is -0.987. The Balaban J connectivity index is 1.40. The first-order valence-electron chi connectivity index (χ1n) is 9.82. The molecule has 0 atom stereocenters. The number of carbonyl (C=O) groups excluding carboxylic acids is 3. The van der Waals surface area contributed by atoms with Crippen molar-refractivity contribution in [1.29, 1.82) is 0 Å². The summed E-state index contributed by atoms with van der Waals surface area (Å²) in [4.78, 5) is 38.8. The van der Waals surface area contributed by atoms with Crippen LogP contribution >= 0.6 is 0 Å². The number of nitrogens with one attached hydrogen (secondary N) is 1. The van der Waals surface area contributed by atoms with Crippen LogP contribution in [0.25, 0.3) is 11.0 Å². The number of para-hydroxylation sites is 1. The van der Waals surface area contributed by atoms with Gasteiger partial charge in [-0.1, -0.05) is 18.2 Å². The molecule has 7 nitrogen and oxygen atoms in total. The molecule has 1 aromatic heterocycles. The van der Waals surface area contributed by atoms with Crippen molar-refractivity contribution in [2.24, 2.45) is 0 Å². The molecule has 0 unspecified atom stereocenters. The highest BCUT2D eigenvalue weighted by Crippen LogP contribution is 2.24. The Labute approximate surface area is 173 Å². The third kappa shape index (κ3) is 3.71. The first kappa shape index (κ1) is 19.8. The van der Waals surface area contributed by atoms with E-state index in [0.717, 1.165) is 16.5 Å². The van der Waals surface area contributed by atoms with Gasteiger partial charge in [-0.2, -0.15) is 0 Å². The van der Waals surface area contributed by atoms with E-state index in [4.69, 9.17) is 9.15 Å². The highest BCUT2D eigenvalue weighted by molar-refractivity contribution is 6.22. The first-order valence-corrected chi connectivity index (χ1v) is 9.82. The van der Waals surface area contributed by atoms with E-state index < -0.39 is 0 Å². The average Bonchev–Trinajstić information content (AvgIpc) is 3.28. The van der Waals surface area contributed by atoms with Gasteiger partial charge in [-0.05, 0) is 42.7 Å². The van der Waals surface area contributed by atoms with E-state index in [1.807, 2.05) is 24.3 Å². The molecule has 1 aliphatic rings. The van der Waals surface area contributed by atoms with Crippen LogP contribution in [0.4, 0.5) is 0 Å². The Hall–Kier alpha value is -3.45. The number of fused-ring (bicyclic) bond motifs is 2. The maximum absolute atomic E-state index is 12.6. The number of methoxy groups -OCH3 is 1. The Kier molecular flexibility index (Phi) is 5.63. The zero-order valence-electron chi connectivity index (χ0n) is 16.6. The van der Waals surface area contributed by atoms with Crippen molar-refractivity contribution in [3.8, 4) is 0 Å². The SMILES string of the molecule is COCCCN1C(=O)c2ccc(C(=O)NCCc3coc4ccccc34)cc2C1=O. The highest BCUT2D eigenvalue weighted by atomic mass is 16.5. The molecular weight excluding hydrogens is 384 g/mol. The minimum Gasteiger partial charge on any atom is -0.464 e. The van der Waals surface area contributed by atoms with Gasteiger partial charge in [0.1, 0.15) is 5.58 Å². The summed E-state index contributed by atoms with van der Waals surface area (Å²) in [7, 11) is 1.57. The molecule has 7 heteroatoms. The number of imide groups is 1. The second-order valence-corrected chi connectivity index (χ2v) is 7.13. The number of amides is 3. The molecular formula is C23H22N2O5. The number of carbonyl (C=O) groups is 3. The minimum atomic E-state index is -0.370. The lowest BCUT2D eigenvalue weighted by molar-refractivity contribution is 0.0638. The van der Waals surface area contributed by atoms with Gasteiger partial charge in [0.25, 0.3) is 17.7 Å². The monoisotopic (exact) mass is 406 g/mol. The van der Waals surface area contributed by atoms with Crippen molar-refractivity contribution >= 4 is 28.7 Å². The fourth-order valence-corrected chi connectivity index (χ4v) is 3.64. The van der Waals surface area contributed by atoms with Crippen LogP contribution in [-0.4, -0.2) is 49.4 Å². The predicted octanol–water partition coefficient (Wildman–Crippen LogP) is 3.04. The van der Waals surface area contributed by atoms with Gasteiger partial charge in [0.2, 0.25) is 0 Å². The zero-order chi connectivity index (χ0) is 21.1. The highest BCUT2D eigenvalue weighted by Gasteiger charge is 2.35. The van der Waals surface area contributed by atoms with Crippen molar-refractivity contribution < 1.29 is 23.5 Å². The molecule has 3 amide bonds. The molecule has 0 fully saturated rings. The molecule has 0 aliphatic carbocycles. The van der Waals surface area contributed by atoms with Crippen molar-refractivity contribution in [2.45, 2.75) is 12.8 Å². The largest absolute Gasteiger partial charge is 0.464 e. The van der Waals surface area contributed by atoms with Crippen LogP contribution < -0.4 is 5.32 Å². The number of benzene rings is 2. The zero-order valence-corrected chi connectivity index (χ0v) is 16.6. The molecule has 0 saturated heterocycles. The fraction of sp³-hybridized carbons (Fsp3) is 0.261. The fourth-order valence-electron chi connectivity index (χ4n) is 3.64. The van der Waals surface area contributed by atoms with Crippen LogP contribution in [0, 0.1) is 0 Å². The molecule has 154 valence electrons. The van der Waals surface area contributed by atoms with Gasteiger partial charge in [-0.3, -0.25) is 19.3 Å². The van der Waals surface area contributed by atoms with Crippen molar-refractivity contribution in [2.75, 3.05) is 26.8 Å². The molecule has 1 N–H and O–H groups in total. The summed E-state index contributed by atoms with van der Waals surface area (Å²) < 4.78 is 10.5. The maximum atomic E-state index is 12.6. The summed E-state index contributed by atoms with van der Waals surface area (Å²) in [6.45, 7) is 1.18. The van der Waals surface area contributed by atoms with E-state index in [1.54, 1.807) is 25.5 Å². The molecule has 2 heterocycles. The van der Waals surface area contributed by atoms with Crippen LogP contribution in [0.2, 0.25) is 0 Å². The Bertz CT molecular complexity index is 1120. The van der Waals surface area contributed by atoms with Gasteiger partial charge in [-0.15, -0.1) is 0 Å². The van der Waals surface area contributed by atoms with Crippen LogP contribution in [0.15, 0.2) is 53.1 Å². The Morgan fingerprint density at radius 2 is 1.90 bits per heavy atom. The number of ether oxygens (including phenoxy) is 1. The third-order valence-corrected chi connectivity index (χ3v) is 5.20. The molecule has 0 radical (unpaired) electrons. The van der Waals surface area contributed by atoms with Crippen LogP contribution in [0.5, 0.6) is 0 Å². The lowest BCUT2D eigenvalue weighted by Crippen LogP contribution is -2.31. The quantitative estimate of drug-likeness (QED) is 0.459. The van der Waals surface area contributed by atoms with E-state index in [-0.39, 0.29) is 23.3 Å². The lowest BCUT2D eigenvalue weighted by Gasteiger charge is -2.12. The van der Waals surface area contributed by atoms with Crippen molar-refractivity contribution in [1.82, 2.24) is 10.2 Å². The van der Waals surface area contributed by atoms with Gasteiger partial charge >= 0.3 is 0 Å². The lowest BCUT2D eigenvalue weighted by atomic mass is 10.1. The minimum absolute atomic E-state index is 0.269. The first-order chi connectivity index (χ1) is 14.6. The molecule has 1 aliphatic heterocycles. The van der Waals surface area contributed by atoms with Crippen LogP contribution in [0.1, 0.15) is 43.1 Å². The number of hydrogen-bond acceptors (Lipinski definition) is 5. The van der Waals surface area contributed by atoms with E-state index in [1.165, 1.54) is 11.0 Å². The molecule has 0 bridgehead atoms. The summed E-state index contributed by atoms with van der Waals surface area (Å²) in [6.07, 6.45) is 2.89. The standard InChI is InChI=1S/C23H22N2O5/c1-29-12-4-11-25-22(27)18-8-7-15(13-19(18)23(25)28)21(26)24-10-9-16-14-30-20-6-3-2-5-17(16)20/h2-3,5-8,13-14H,4,9-12H2,1H3,(H,24,26). The molecule has 0 spiro atoms. The molecule has 2 aromatic carbocycles. The van der Waals surface area contributed by atoms with Crippen molar-refractivity contribution in [3.05, 3.63) is 71.0 Å². The Morgan fingerprint density at radius 1 is 1.10 bits per heavy atom.